The van der Waals surface area contributed by atoms with Gasteiger partial charge in [-0.25, -0.2) is 0 Å². The maximum atomic E-state index is 12.2. The first-order chi connectivity index (χ1) is 11.7. The number of aliphatic hydroxyl groups is 1. The molecule has 4 nitrogen and oxygen atoms in total. The lowest BCUT2D eigenvalue weighted by atomic mass is 10.2. The van der Waals surface area contributed by atoms with Crippen LogP contribution in [0.25, 0.3) is 0 Å². The molecule has 0 spiro atoms. The number of hydrogen-bond donors (Lipinski definition) is 1. The van der Waals surface area contributed by atoms with Crippen molar-refractivity contribution in [2.45, 2.75) is 31.2 Å². The van der Waals surface area contributed by atoms with Crippen molar-refractivity contribution in [3.05, 3.63) is 75.6 Å². The summed E-state index contributed by atoms with van der Waals surface area (Å²) in [5.74, 6) is 0.593. The molecular weight excluding hydrogens is 322 g/mol. The molecule has 3 rings (SSSR count). The number of nitrogens with zero attached hydrogens (tertiary/aromatic N) is 1. The largest absolute Gasteiger partial charge is 0.489 e. The van der Waals surface area contributed by atoms with E-state index in [9.17, 15) is 4.79 Å². The molecule has 0 bridgehead atoms. The summed E-state index contributed by atoms with van der Waals surface area (Å²) in [6.45, 7) is 1.31. The molecule has 1 aromatic carbocycles. The van der Waals surface area contributed by atoms with Crippen LogP contribution in [0.15, 0.2) is 64.4 Å². The number of aromatic nitrogens is 1. The summed E-state index contributed by atoms with van der Waals surface area (Å²) in [6, 6.07) is 13.3. The molecule has 0 radical (unpaired) electrons. The Kier molecular flexibility index (Phi) is 5.77. The summed E-state index contributed by atoms with van der Waals surface area (Å²) in [5, 5.41) is 9.44. The van der Waals surface area contributed by atoms with Gasteiger partial charge in [0.25, 0.3) is 5.56 Å². The molecule has 0 amide bonds. The van der Waals surface area contributed by atoms with E-state index in [-0.39, 0.29) is 17.4 Å². The number of thioether (sulfide) groups is 1. The highest BCUT2D eigenvalue weighted by molar-refractivity contribution is 8.03. The van der Waals surface area contributed by atoms with E-state index >= 15 is 0 Å². The predicted octanol–water partition coefficient (Wildman–Crippen LogP) is 3.20. The number of aryl methyl sites for hydroxylation is 1. The number of ether oxygens (including phenoxy) is 1. The third kappa shape index (κ3) is 4.52. The molecule has 1 aliphatic rings. The van der Waals surface area contributed by atoms with Gasteiger partial charge in [0.1, 0.15) is 12.4 Å². The van der Waals surface area contributed by atoms with Gasteiger partial charge in [-0.05, 0) is 29.4 Å². The normalized spacial score (nSPS) is 16.9. The maximum Gasteiger partial charge on any atom is 0.254 e. The second kappa shape index (κ2) is 8.22. The van der Waals surface area contributed by atoms with Crippen LogP contribution in [0, 0.1) is 0 Å². The van der Waals surface area contributed by atoms with Gasteiger partial charge in [0.2, 0.25) is 0 Å². The van der Waals surface area contributed by atoms with Crippen LogP contribution in [0.5, 0.6) is 5.75 Å². The van der Waals surface area contributed by atoms with Gasteiger partial charge in [-0.2, -0.15) is 0 Å². The highest BCUT2D eigenvalue weighted by Gasteiger charge is 2.16. The van der Waals surface area contributed by atoms with Gasteiger partial charge >= 0.3 is 0 Å². The van der Waals surface area contributed by atoms with E-state index in [1.165, 1.54) is 11.0 Å². The van der Waals surface area contributed by atoms with Crippen molar-refractivity contribution in [1.82, 2.24) is 4.57 Å². The maximum absolute atomic E-state index is 12.2. The Hall–Kier alpha value is -1.98. The van der Waals surface area contributed by atoms with E-state index in [1.54, 1.807) is 22.5 Å². The topological polar surface area (TPSA) is 51.5 Å². The number of aliphatic hydroxyl groups excluding tert-OH is 1. The standard InChI is InChI=1S/C19H21NO3S/c21-13-18-7-6-17(24-18)9-11-20-10-8-16(12-19(20)22)23-14-15-4-2-1-3-5-15/h1-6,8,10,12,18,21H,7,9,11,13-14H2. The molecular formula is C19H21NO3S. The minimum atomic E-state index is -0.0529. The van der Waals surface area contributed by atoms with E-state index in [4.69, 9.17) is 9.84 Å². The first-order valence-electron chi connectivity index (χ1n) is 8.08. The molecule has 1 unspecified atom stereocenters. The monoisotopic (exact) mass is 343 g/mol. The average molecular weight is 343 g/mol. The van der Waals surface area contributed by atoms with E-state index in [0.29, 0.717) is 18.9 Å². The highest BCUT2D eigenvalue weighted by Crippen LogP contribution is 2.34. The number of rotatable bonds is 7. The van der Waals surface area contributed by atoms with E-state index in [1.807, 2.05) is 36.4 Å². The fourth-order valence-electron chi connectivity index (χ4n) is 2.58. The first kappa shape index (κ1) is 16.9. The second-order valence-corrected chi connectivity index (χ2v) is 7.17. The summed E-state index contributed by atoms with van der Waals surface area (Å²) in [7, 11) is 0. The summed E-state index contributed by atoms with van der Waals surface area (Å²) >= 11 is 1.72. The van der Waals surface area contributed by atoms with Crippen LogP contribution >= 0.6 is 11.8 Å². The summed E-state index contributed by atoms with van der Waals surface area (Å²) in [4.78, 5) is 13.4. The van der Waals surface area contributed by atoms with E-state index in [2.05, 4.69) is 6.08 Å². The van der Waals surface area contributed by atoms with Crippen LogP contribution in [-0.2, 0) is 13.2 Å². The lowest BCUT2D eigenvalue weighted by molar-refractivity contribution is 0.296. The quantitative estimate of drug-likeness (QED) is 0.839. The Morgan fingerprint density at radius 2 is 2.08 bits per heavy atom. The van der Waals surface area contributed by atoms with Gasteiger partial charge in [0.15, 0.2) is 0 Å². The molecule has 2 aromatic rings. The zero-order valence-electron chi connectivity index (χ0n) is 13.4. The average Bonchev–Trinajstić information content (AvgIpc) is 3.08. The first-order valence-corrected chi connectivity index (χ1v) is 8.96. The highest BCUT2D eigenvalue weighted by atomic mass is 32.2. The van der Waals surface area contributed by atoms with Gasteiger partial charge < -0.3 is 14.4 Å². The molecule has 1 N–H and O–H groups in total. The molecule has 0 saturated carbocycles. The van der Waals surface area contributed by atoms with Gasteiger partial charge in [-0.3, -0.25) is 4.79 Å². The summed E-state index contributed by atoms with van der Waals surface area (Å²) in [6.07, 6.45) is 5.68. The SMILES string of the molecule is O=c1cc(OCc2ccccc2)ccn1CCC1=CCC(CO)S1. The van der Waals surface area contributed by atoms with Gasteiger partial charge in [0.05, 0.1) is 6.61 Å². The predicted molar refractivity (Wildman–Crippen MR) is 97.3 cm³/mol. The molecule has 126 valence electrons. The molecule has 0 fully saturated rings. The molecule has 1 aliphatic heterocycles. The van der Waals surface area contributed by atoms with Crippen LogP contribution in [0.3, 0.4) is 0 Å². The molecule has 24 heavy (non-hydrogen) atoms. The molecule has 1 aromatic heterocycles. The Morgan fingerprint density at radius 1 is 1.25 bits per heavy atom. The lowest BCUT2D eigenvalue weighted by Gasteiger charge is -2.10. The van der Waals surface area contributed by atoms with Crippen LogP contribution in [-0.4, -0.2) is 21.5 Å². The Balaban J connectivity index is 1.54. The third-order valence-electron chi connectivity index (χ3n) is 3.95. The zero-order chi connectivity index (χ0) is 16.8. The minimum Gasteiger partial charge on any atom is -0.489 e. The Bertz CT molecular complexity index is 755. The van der Waals surface area contributed by atoms with Crippen molar-refractivity contribution in [2.24, 2.45) is 0 Å². The summed E-state index contributed by atoms with van der Waals surface area (Å²) < 4.78 is 7.38. The molecule has 5 heteroatoms. The second-order valence-electron chi connectivity index (χ2n) is 5.75. The Labute approximate surface area is 145 Å². The molecule has 0 saturated heterocycles. The van der Waals surface area contributed by atoms with Crippen molar-refractivity contribution < 1.29 is 9.84 Å². The van der Waals surface area contributed by atoms with Gasteiger partial charge in [0, 0.05) is 24.1 Å². The van der Waals surface area contributed by atoms with Crippen molar-refractivity contribution in [3.63, 3.8) is 0 Å². The Morgan fingerprint density at radius 3 is 2.79 bits per heavy atom. The zero-order valence-corrected chi connectivity index (χ0v) is 14.2. The minimum absolute atomic E-state index is 0.0529. The van der Waals surface area contributed by atoms with Crippen molar-refractivity contribution in [3.8, 4) is 5.75 Å². The fraction of sp³-hybridized carbons (Fsp3) is 0.316. The third-order valence-corrected chi connectivity index (χ3v) is 5.29. The number of pyridine rings is 1. The van der Waals surface area contributed by atoms with Crippen LogP contribution in [0.1, 0.15) is 18.4 Å². The fourth-order valence-corrected chi connectivity index (χ4v) is 3.68. The number of benzene rings is 1. The van der Waals surface area contributed by atoms with Crippen molar-refractivity contribution >= 4 is 11.8 Å². The lowest BCUT2D eigenvalue weighted by Crippen LogP contribution is -2.18. The van der Waals surface area contributed by atoms with Crippen molar-refractivity contribution in [2.75, 3.05) is 6.61 Å². The molecule has 0 aliphatic carbocycles. The number of hydrogen-bond acceptors (Lipinski definition) is 4. The molecule has 1 atom stereocenters. The van der Waals surface area contributed by atoms with Crippen LogP contribution in [0.4, 0.5) is 0 Å². The van der Waals surface area contributed by atoms with Crippen LogP contribution < -0.4 is 10.3 Å². The van der Waals surface area contributed by atoms with Gasteiger partial charge in [-0.15, -0.1) is 11.8 Å². The smallest absolute Gasteiger partial charge is 0.254 e. The van der Waals surface area contributed by atoms with Crippen LogP contribution in [0.2, 0.25) is 0 Å². The summed E-state index contributed by atoms with van der Waals surface area (Å²) in [5.41, 5.74) is 1.02. The molecule has 2 heterocycles. The van der Waals surface area contributed by atoms with E-state index in [0.717, 1.165) is 18.4 Å². The number of allylic oxidation sites excluding steroid dienone is 2. The van der Waals surface area contributed by atoms with Crippen molar-refractivity contribution in [1.29, 1.82) is 0 Å². The van der Waals surface area contributed by atoms with E-state index < -0.39 is 0 Å². The van der Waals surface area contributed by atoms with Gasteiger partial charge in [-0.1, -0.05) is 36.4 Å².